The maximum atomic E-state index is 12.7. The summed E-state index contributed by atoms with van der Waals surface area (Å²) in [7, 11) is 0. The standard InChI is InChI=1S/C19H19N3O3S/c23-18(20-12-7-8-15-16(10-12)22-19(24)21-15)14-5-1-2-6-17(14)26-11-13-4-3-9-25-13/h1-2,5-8,10,13H,3-4,9,11H2,(H,20,23)(H2,21,22,24). The lowest BCUT2D eigenvalue weighted by atomic mass is 10.2. The van der Waals surface area contributed by atoms with Crippen LogP contribution in [0.15, 0.2) is 52.2 Å². The van der Waals surface area contributed by atoms with Crippen LogP contribution in [-0.2, 0) is 4.74 Å². The molecule has 3 aromatic rings. The fourth-order valence-corrected chi connectivity index (χ4v) is 4.17. The number of rotatable bonds is 5. The molecule has 1 aromatic heterocycles. The minimum absolute atomic E-state index is 0.169. The molecule has 26 heavy (non-hydrogen) atoms. The third-order valence-corrected chi connectivity index (χ3v) is 5.56. The molecular formula is C19H19N3O3S. The number of carbonyl (C=O) groups is 1. The van der Waals surface area contributed by atoms with Gasteiger partial charge in [0.1, 0.15) is 0 Å². The number of benzene rings is 2. The van der Waals surface area contributed by atoms with Gasteiger partial charge >= 0.3 is 5.69 Å². The summed E-state index contributed by atoms with van der Waals surface area (Å²) in [6.45, 7) is 0.830. The first kappa shape index (κ1) is 16.9. The van der Waals surface area contributed by atoms with Crippen molar-refractivity contribution in [2.75, 3.05) is 17.7 Å². The summed E-state index contributed by atoms with van der Waals surface area (Å²) in [4.78, 5) is 30.4. The molecule has 0 spiro atoms. The van der Waals surface area contributed by atoms with Gasteiger partial charge < -0.3 is 20.0 Å². The zero-order chi connectivity index (χ0) is 17.9. The molecule has 1 unspecified atom stereocenters. The number of aromatic amines is 2. The maximum Gasteiger partial charge on any atom is 0.323 e. The Morgan fingerprint density at radius 1 is 1.19 bits per heavy atom. The van der Waals surface area contributed by atoms with E-state index in [9.17, 15) is 9.59 Å². The third kappa shape index (κ3) is 3.68. The molecule has 2 heterocycles. The lowest BCUT2D eigenvalue weighted by molar-refractivity contribution is 0.102. The summed E-state index contributed by atoms with van der Waals surface area (Å²) in [5, 5.41) is 2.91. The number of imidazole rings is 1. The van der Waals surface area contributed by atoms with Crippen molar-refractivity contribution in [3.8, 4) is 0 Å². The van der Waals surface area contributed by atoms with Gasteiger partial charge in [-0.15, -0.1) is 11.8 Å². The molecule has 1 atom stereocenters. The van der Waals surface area contributed by atoms with Crippen LogP contribution in [0.3, 0.4) is 0 Å². The highest BCUT2D eigenvalue weighted by Gasteiger charge is 2.18. The first-order valence-electron chi connectivity index (χ1n) is 8.56. The lowest BCUT2D eigenvalue weighted by Gasteiger charge is -2.12. The van der Waals surface area contributed by atoms with E-state index in [4.69, 9.17) is 4.74 Å². The summed E-state index contributed by atoms with van der Waals surface area (Å²) in [5.41, 5.74) is 2.38. The van der Waals surface area contributed by atoms with Crippen molar-refractivity contribution >= 4 is 34.4 Å². The van der Waals surface area contributed by atoms with Gasteiger partial charge in [-0.05, 0) is 43.2 Å². The molecule has 0 saturated carbocycles. The normalized spacial score (nSPS) is 16.8. The fourth-order valence-electron chi connectivity index (χ4n) is 3.05. The highest BCUT2D eigenvalue weighted by Crippen LogP contribution is 2.27. The maximum absolute atomic E-state index is 12.7. The molecule has 1 aliphatic heterocycles. The van der Waals surface area contributed by atoms with Crippen molar-refractivity contribution < 1.29 is 9.53 Å². The fraction of sp³-hybridized carbons (Fsp3) is 0.263. The smallest absolute Gasteiger partial charge is 0.323 e. The molecule has 3 N–H and O–H groups in total. The minimum atomic E-state index is -0.264. The third-order valence-electron chi connectivity index (χ3n) is 4.35. The Hall–Kier alpha value is -2.51. The van der Waals surface area contributed by atoms with Gasteiger partial charge in [0.2, 0.25) is 0 Å². The predicted molar refractivity (Wildman–Crippen MR) is 103 cm³/mol. The Morgan fingerprint density at radius 2 is 2.04 bits per heavy atom. The Kier molecular flexibility index (Phi) is 4.81. The van der Waals surface area contributed by atoms with Crippen LogP contribution in [0, 0.1) is 0 Å². The summed E-state index contributed by atoms with van der Waals surface area (Å²) in [6, 6.07) is 12.9. The molecule has 0 radical (unpaired) electrons. The van der Waals surface area contributed by atoms with Crippen LogP contribution in [0.2, 0.25) is 0 Å². The van der Waals surface area contributed by atoms with E-state index in [1.165, 1.54) is 0 Å². The lowest BCUT2D eigenvalue weighted by Crippen LogP contribution is -2.14. The van der Waals surface area contributed by atoms with E-state index in [0.29, 0.717) is 22.3 Å². The zero-order valence-electron chi connectivity index (χ0n) is 14.1. The number of ether oxygens (including phenoxy) is 1. The number of nitrogens with one attached hydrogen (secondary N) is 3. The molecule has 134 valence electrons. The van der Waals surface area contributed by atoms with E-state index in [1.807, 2.05) is 24.3 Å². The average Bonchev–Trinajstić information content (AvgIpc) is 3.28. The Morgan fingerprint density at radius 3 is 2.88 bits per heavy atom. The SMILES string of the molecule is O=C(Nc1ccc2[nH]c(=O)[nH]c2c1)c1ccccc1SCC1CCCO1. The summed E-state index contributed by atoms with van der Waals surface area (Å²) < 4.78 is 5.66. The molecule has 7 heteroatoms. The molecular weight excluding hydrogens is 350 g/mol. The number of anilines is 1. The zero-order valence-corrected chi connectivity index (χ0v) is 14.9. The minimum Gasteiger partial charge on any atom is -0.377 e. The van der Waals surface area contributed by atoms with Gasteiger partial charge in [-0.3, -0.25) is 4.79 Å². The van der Waals surface area contributed by atoms with Crippen LogP contribution in [0.25, 0.3) is 11.0 Å². The van der Waals surface area contributed by atoms with Crippen molar-refractivity contribution in [3.05, 3.63) is 58.5 Å². The van der Waals surface area contributed by atoms with Gasteiger partial charge in [0, 0.05) is 22.9 Å². The number of fused-ring (bicyclic) bond motifs is 1. The number of amides is 1. The number of aromatic nitrogens is 2. The van der Waals surface area contributed by atoms with Gasteiger partial charge in [0.15, 0.2) is 0 Å². The van der Waals surface area contributed by atoms with E-state index in [-0.39, 0.29) is 17.7 Å². The van der Waals surface area contributed by atoms with Crippen molar-refractivity contribution in [1.82, 2.24) is 9.97 Å². The molecule has 0 aliphatic carbocycles. The molecule has 1 aliphatic rings. The van der Waals surface area contributed by atoms with Crippen molar-refractivity contribution in [2.24, 2.45) is 0 Å². The average molecular weight is 369 g/mol. The van der Waals surface area contributed by atoms with Crippen LogP contribution < -0.4 is 11.0 Å². The number of H-pyrrole nitrogens is 2. The molecule has 1 fully saturated rings. The molecule has 1 amide bonds. The Bertz CT molecular complexity index is 989. The molecule has 4 rings (SSSR count). The van der Waals surface area contributed by atoms with Crippen LogP contribution in [0.1, 0.15) is 23.2 Å². The van der Waals surface area contributed by atoms with Crippen LogP contribution in [-0.4, -0.2) is 34.3 Å². The van der Waals surface area contributed by atoms with Crippen molar-refractivity contribution in [1.29, 1.82) is 0 Å². The predicted octanol–water partition coefficient (Wildman–Crippen LogP) is 3.38. The Balaban J connectivity index is 1.50. The number of thioether (sulfide) groups is 1. The molecule has 2 aromatic carbocycles. The van der Waals surface area contributed by atoms with Crippen molar-refractivity contribution in [3.63, 3.8) is 0 Å². The van der Waals surface area contributed by atoms with Crippen molar-refractivity contribution in [2.45, 2.75) is 23.8 Å². The Labute approximate surface area is 154 Å². The summed E-state index contributed by atoms with van der Waals surface area (Å²) in [5.74, 6) is 0.679. The van der Waals surface area contributed by atoms with Gasteiger partial charge in [-0.2, -0.15) is 0 Å². The van der Waals surface area contributed by atoms with Crippen LogP contribution >= 0.6 is 11.8 Å². The second-order valence-corrected chi connectivity index (χ2v) is 7.30. The highest BCUT2D eigenvalue weighted by atomic mass is 32.2. The molecule has 6 nitrogen and oxygen atoms in total. The number of hydrogen-bond acceptors (Lipinski definition) is 4. The van der Waals surface area contributed by atoms with E-state index >= 15 is 0 Å². The van der Waals surface area contributed by atoms with Gasteiger partial charge in [-0.25, -0.2) is 4.79 Å². The second kappa shape index (κ2) is 7.39. The highest BCUT2D eigenvalue weighted by molar-refractivity contribution is 7.99. The number of hydrogen-bond donors (Lipinski definition) is 3. The van der Waals surface area contributed by atoms with Gasteiger partial charge in [0.05, 0.1) is 22.7 Å². The van der Waals surface area contributed by atoms with E-state index in [2.05, 4.69) is 15.3 Å². The second-order valence-electron chi connectivity index (χ2n) is 6.24. The topological polar surface area (TPSA) is 87.0 Å². The van der Waals surface area contributed by atoms with Gasteiger partial charge in [0.25, 0.3) is 5.91 Å². The van der Waals surface area contributed by atoms with Crippen LogP contribution in [0.5, 0.6) is 0 Å². The number of carbonyl (C=O) groups excluding carboxylic acids is 1. The first-order valence-corrected chi connectivity index (χ1v) is 9.54. The molecule has 0 bridgehead atoms. The monoisotopic (exact) mass is 369 g/mol. The molecule has 1 saturated heterocycles. The quantitative estimate of drug-likeness (QED) is 0.602. The van der Waals surface area contributed by atoms with E-state index in [1.54, 1.807) is 30.0 Å². The van der Waals surface area contributed by atoms with E-state index < -0.39 is 0 Å². The van der Waals surface area contributed by atoms with Crippen LogP contribution in [0.4, 0.5) is 5.69 Å². The first-order chi connectivity index (χ1) is 12.7. The summed E-state index contributed by atoms with van der Waals surface area (Å²) in [6.07, 6.45) is 2.46. The largest absolute Gasteiger partial charge is 0.377 e. The van der Waals surface area contributed by atoms with Gasteiger partial charge in [-0.1, -0.05) is 12.1 Å². The van der Waals surface area contributed by atoms with E-state index in [0.717, 1.165) is 30.1 Å². The summed E-state index contributed by atoms with van der Waals surface area (Å²) >= 11 is 1.65.